The van der Waals surface area contributed by atoms with Crippen molar-refractivity contribution in [3.8, 4) is 22.8 Å². The third-order valence-electron chi connectivity index (χ3n) is 3.12. The van der Waals surface area contributed by atoms with E-state index in [1.54, 1.807) is 19.1 Å². The van der Waals surface area contributed by atoms with E-state index in [2.05, 4.69) is 10.1 Å². The standard InChI is InChI=1S/C15H11F2N3O/c1-8-5-6-9(7-11(8)17)14-19-15(21-20-14)13-10(16)3-2-4-12(13)18/h2-7H,18H2,1H3. The summed E-state index contributed by atoms with van der Waals surface area (Å²) in [5.41, 5.74) is 6.92. The molecule has 1 aromatic heterocycles. The number of benzene rings is 2. The van der Waals surface area contributed by atoms with Gasteiger partial charge in [-0.25, -0.2) is 8.78 Å². The Morgan fingerprint density at radius 3 is 2.62 bits per heavy atom. The number of nitrogens with zero attached hydrogens (tertiary/aromatic N) is 2. The zero-order valence-corrected chi connectivity index (χ0v) is 11.1. The van der Waals surface area contributed by atoms with Crippen LogP contribution in [-0.4, -0.2) is 10.1 Å². The molecule has 0 spiro atoms. The van der Waals surface area contributed by atoms with Crippen LogP contribution in [0.1, 0.15) is 5.56 Å². The van der Waals surface area contributed by atoms with E-state index in [1.807, 2.05) is 0 Å². The van der Waals surface area contributed by atoms with Gasteiger partial charge in [0.1, 0.15) is 11.6 Å². The van der Waals surface area contributed by atoms with E-state index in [0.29, 0.717) is 11.1 Å². The monoisotopic (exact) mass is 287 g/mol. The summed E-state index contributed by atoms with van der Waals surface area (Å²) >= 11 is 0. The molecule has 4 nitrogen and oxygen atoms in total. The van der Waals surface area contributed by atoms with E-state index in [4.69, 9.17) is 10.3 Å². The van der Waals surface area contributed by atoms with E-state index in [9.17, 15) is 8.78 Å². The maximum atomic E-state index is 13.8. The van der Waals surface area contributed by atoms with Gasteiger partial charge in [0.05, 0.1) is 5.56 Å². The van der Waals surface area contributed by atoms with Gasteiger partial charge < -0.3 is 10.3 Å². The Morgan fingerprint density at radius 1 is 1.10 bits per heavy atom. The van der Waals surface area contributed by atoms with Crippen LogP contribution in [-0.2, 0) is 0 Å². The number of hydrogen-bond donors (Lipinski definition) is 1. The summed E-state index contributed by atoms with van der Waals surface area (Å²) in [6.45, 7) is 1.65. The van der Waals surface area contributed by atoms with Crippen LogP contribution in [0.5, 0.6) is 0 Å². The SMILES string of the molecule is Cc1ccc(-c2noc(-c3c(N)cccc3F)n2)cc1F. The molecule has 21 heavy (non-hydrogen) atoms. The first-order valence-electron chi connectivity index (χ1n) is 6.21. The van der Waals surface area contributed by atoms with Crippen molar-refractivity contribution in [1.82, 2.24) is 10.1 Å². The smallest absolute Gasteiger partial charge is 0.263 e. The van der Waals surface area contributed by atoms with Crippen LogP contribution in [0, 0.1) is 18.6 Å². The van der Waals surface area contributed by atoms with Gasteiger partial charge in [-0.05, 0) is 30.7 Å². The van der Waals surface area contributed by atoms with Crippen molar-refractivity contribution in [2.45, 2.75) is 6.92 Å². The lowest BCUT2D eigenvalue weighted by atomic mass is 10.1. The number of aromatic nitrogens is 2. The molecule has 0 saturated carbocycles. The predicted molar refractivity (Wildman–Crippen MR) is 74.2 cm³/mol. The van der Waals surface area contributed by atoms with Gasteiger partial charge >= 0.3 is 0 Å². The molecule has 0 amide bonds. The number of halogens is 2. The van der Waals surface area contributed by atoms with Gasteiger partial charge in [-0.3, -0.25) is 0 Å². The van der Waals surface area contributed by atoms with Crippen molar-refractivity contribution in [1.29, 1.82) is 0 Å². The Morgan fingerprint density at radius 2 is 1.90 bits per heavy atom. The molecule has 0 bridgehead atoms. The average molecular weight is 287 g/mol. The van der Waals surface area contributed by atoms with Gasteiger partial charge in [0.2, 0.25) is 5.82 Å². The third-order valence-corrected chi connectivity index (χ3v) is 3.12. The summed E-state index contributed by atoms with van der Waals surface area (Å²) < 4.78 is 32.4. The molecule has 3 aromatic rings. The summed E-state index contributed by atoms with van der Waals surface area (Å²) in [7, 11) is 0. The summed E-state index contributed by atoms with van der Waals surface area (Å²) in [5, 5.41) is 3.74. The van der Waals surface area contributed by atoms with Gasteiger partial charge in [0, 0.05) is 11.3 Å². The van der Waals surface area contributed by atoms with Crippen molar-refractivity contribution in [2.75, 3.05) is 5.73 Å². The zero-order valence-electron chi connectivity index (χ0n) is 11.1. The Labute approximate surface area is 119 Å². The first kappa shape index (κ1) is 13.2. The molecule has 0 aliphatic rings. The Kier molecular flexibility index (Phi) is 3.13. The third kappa shape index (κ3) is 2.35. The Balaban J connectivity index is 2.06. The molecule has 0 aliphatic carbocycles. The Bertz CT molecular complexity index is 794. The minimum Gasteiger partial charge on any atom is -0.398 e. The van der Waals surface area contributed by atoms with Crippen LogP contribution >= 0.6 is 0 Å². The fourth-order valence-corrected chi connectivity index (χ4v) is 1.94. The van der Waals surface area contributed by atoms with Crippen molar-refractivity contribution in [2.24, 2.45) is 0 Å². The minimum absolute atomic E-state index is 0.0402. The average Bonchev–Trinajstić information content (AvgIpc) is 2.91. The molecule has 0 saturated heterocycles. The summed E-state index contributed by atoms with van der Waals surface area (Å²) in [4.78, 5) is 4.08. The lowest BCUT2D eigenvalue weighted by Gasteiger charge is -2.01. The second kappa shape index (κ2) is 4.97. The summed E-state index contributed by atoms with van der Waals surface area (Å²) in [6, 6.07) is 8.85. The van der Waals surface area contributed by atoms with Crippen LogP contribution in [0.25, 0.3) is 22.8 Å². The highest BCUT2D eigenvalue weighted by atomic mass is 19.1. The summed E-state index contributed by atoms with van der Waals surface area (Å²) in [5.74, 6) is -0.794. The highest BCUT2D eigenvalue weighted by Gasteiger charge is 2.17. The highest BCUT2D eigenvalue weighted by Crippen LogP contribution is 2.29. The number of anilines is 1. The molecule has 0 radical (unpaired) electrons. The predicted octanol–water partition coefficient (Wildman–Crippen LogP) is 3.57. The molecule has 2 N–H and O–H groups in total. The first-order valence-corrected chi connectivity index (χ1v) is 6.21. The van der Waals surface area contributed by atoms with Crippen LogP contribution in [0.15, 0.2) is 40.9 Å². The van der Waals surface area contributed by atoms with Gasteiger partial charge in [0.25, 0.3) is 5.89 Å². The van der Waals surface area contributed by atoms with E-state index < -0.39 is 5.82 Å². The van der Waals surface area contributed by atoms with E-state index >= 15 is 0 Å². The van der Waals surface area contributed by atoms with Gasteiger partial charge in [-0.15, -0.1) is 0 Å². The Hall–Kier alpha value is -2.76. The van der Waals surface area contributed by atoms with Crippen molar-refractivity contribution in [3.63, 3.8) is 0 Å². The van der Waals surface area contributed by atoms with Crippen LogP contribution in [0.2, 0.25) is 0 Å². The molecule has 0 atom stereocenters. The van der Waals surface area contributed by atoms with E-state index in [0.717, 1.165) is 0 Å². The van der Waals surface area contributed by atoms with E-state index in [1.165, 1.54) is 24.3 Å². The van der Waals surface area contributed by atoms with Gasteiger partial charge in [0.15, 0.2) is 0 Å². The molecule has 2 aromatic carbocycles. The van der Waals surface area contributed by atoms with Gasteiger partial charge in [-0.1, -0.05) is 23.4 Å². The molecule has 0 unspecified atom stereocenters. The molecule has 3 rings (SSSR count). The zero-order chi connectivity index (χ0) is 15.0. The second-order valence-corrected chi connectivity index (χ2v) is 4.59. The quantitative estimate of drug-likeness (QED) is 0.732. The highest BCUT2D eigenvalue weighted by molar-refractivity contribution is 5.72. The fraction of sp³-hybridized carbons (Fsp3) is 0.0667. The van der Waals surface area contributed by atoms with Crippen LogP contribution < -0.4 is 5.73 Å². The molecular weight excluding hydrogens is 276 g/mol. The lowest BCUT2D eigenvalue weighted by Crippen LogP contribution is -1.93. The molecular formula is C15H11F2N3O. The number of hydrogen-bond acceptors (Lipinski definition) is 4. The first-order chi connectivity index (χ1) is 10.1. The summed E-state index contributed by atoms with van der Waals surface area (Å²) in [6.07, 6.45) is 0. The van der Waals surface area contributed by atoms with Crippen molar-refractivity contribution >= 4 is 5.69 Å². The molecule has 0 fully saturated rings. The van der Waals surface area contributed by atoms with E-state index in [-0.39, 0.29) is 28.8 Å². The number of aryl methyl sites for hydroxylation is 1. The van der Waals surface area contributed by atoms with Crippen molar-refractivity contribution < 1.29 is 13.3 Å². The minimum atomic E-state index is -0.555. The second-order valence-electron chi connectivity index (χ2n) is 4.59. The lowest BCUT2D eigenvalue weighted by molar-refractivity contribution is 0.430. The number of nitrogen functional groups attached to an aromatic ring is 1. The van der Waals surface area contributed by atoms with Crippen LogP contribution in [0.3, 0.4) is 0 Å². The maximum Gasteiger partial charge on any atom is 0.263 e. The normalized spacial score (nSPS) is 10.8. The molecule has 6 heteroatoms. The topological polar surface area (TPSA) is 64.9 Å². The largest absolute Gasteiger partial charge is 0.398 e. The number of rotatable bonds is 2. The van der Waals surface area contributed by atoms with Gasteiger partial charge in [-0.2, -0.15) is 4.98 Å². The molecule has 1 heterocycles. The molecule has 106 valence electrons. The molecule has 0 aliphatic heterocycles. The fourth-order valence-electron chi connectivity index (χ4n) is 1.94. The van der Waals surface area contributed by atoms with Crippen LogP contribution in [0.4, 0.5) is 14.5 Å². The van der Waals surface area contributed by atoms with Crippen molar-refractivity contribution in [3.05, 3.63) is 53.6 Å². The number of nitrogens with two attached hydrogens (primary N) is 1. The maximum absolute atomic E-state index is 13.8.